The average Bonchev–Trinajstić information content (AvgIpc) is 3.06. The molecule has 0 saturated carbocycles. The molecule has 0 fully saturated rings. The number of carbonyl (C=O) groups is 2. The van der Waals surface area contributed by atoms with Gasteiger partial charge in [0.2, 0.25) is 11.8 Å². The molecule has 2 amide bonds. The number of thiazole rings is 1. The molecule has 2 heterocycles. The average molecular weight is 346 g/mol. The smallest absolute Gasteiger partial charge is 0.220 e. The van der Waals surface area contributed by atoms with E-state index in [0.29, 0.717) is 25.9 Å². The lowest BCUT2D eigenvalue weighted by atomic mass is 10.2. The minimum Gasteiger partial charge on any atom is -0.356 e. The minimum atomic E-state index is -0.0204. The van der Waals surface area contributed by atoms with Crippen molar-refractivity contribution in [2.24, 2.45) is 0 Å². The fourth-order valence-electron chi connectivity index (χ4n) is 2.12. The molecule has 0 radical (unpaired) electrons. The number of carbonyl (C=O) groups excluding carboxylic acids is 2. The summed E-state index contributed by atoms with van der Waals surface area (Å²) < 4.78 is 0. The van der Waals surface area contributed by atoms with Crippen LogP contribution in [0.5, 0.6) is 0 Å². The van der Waals surface area contributed by atoms with Crippen molar-refractivity contribution in [3.05, 3.63) is 35.6 Å². The summed E-state index contributed by atoms with van der Waals surface area (Å²) in [4.78, 5) is 31.2. The first kappa shape index (κ1) is 18.1. The van der Waals surface area contributed by atoms with E-state index in [2.05, 4.69) is 20.6 Å². The van der Waals surface area contributed by atoms with Crippen molar-refractivity contribution in [1.29, 1.82) is 0 Å². The Morgan fingerprint density at radius 1 is 1.21 bits per heavy atom. The highest BCUT2D eigenvalue weighted by atomic mass is 32.1. The zero-order valence-electron chi connectivity index (χ0n) is 13.7. The highest BCUT2D eigenvalue weighted by Crippen LogP contribution is 2.23. The number of rotatable bonds is 9. The van der Waals surface area contributed by atoms with Crippen LogP contribution in [0.1, 0.15) is 31.9 Å². The number of amides is 2. The number of hydrogen-bond donors (Lipinski definition) is 2. The van der Waals surface area contributed by atoms with Gasteiger partial charge in [0, 0.05) is 49.8 Å². The zero-order chi connectivity index (χ0) is 17.2. The lowest BCUT2D eigenvalue weighted by Gasteiger charge is -2.05. The van der Waals surface area contributed by atoms with Gasteiger partial charge in [0.05, 0.1) is 5.69 Å². The van der Waals surface area contributed by atoms with Crippen molar-refractivity contribution in [1.82, 2.24) is 20.6 Å². The van der Waals surface area contributed by atoms with E-state index >= 15 is 0 Å². The third-order valence-electron chi connectivity index (χ3n) is 3.37. The van der Waals surface area contributed by atoms with Crippen LogP contribution in [0.2, 0.25) is 0 Å². The van der Waals surface area contributed by atoms with Crippen LogP contribution < -0.4 is 10.6 Å². The number of aromatic nitrogens is 2. The molecular formula is C17H22N4O2S. The van der Waals surface area contributed by atoms with E-state index in [4.69, 9.17) is 0 Å². The van der Waals surface area contributed by atoms with Crippen LogP contribution >= 0.6 is 11.3 Å². The molecule has 0 aliphatic rings. The Morgan fingerprint density at radius 3 is 2.71 bits per heavy atom. The van der Waals surface area contributed by atoms with Gasteiger partial charge in [-0.1, -0.05) is 0 Å². The van der Waals surface area contributed by atoms with Gasteiger partial charge in [0.25, 0.3) is 0 Å². The van der Waals surface area contributed by atoms with Crippen molar-refractivity contribution in [2.75, 3.05) is 13.1 Å². The Bertz CT molecular complexity index is 658. The van der Waals surface area contributed by atoms with Gasteiger partial charge in [-0.2, -0.15) is 0 Å². The molecule has 7 heteroatoms. The van der Waals surface area contributed by atoms with Crippen molar-refractivity contribution in [2.45, 2.75) is 32.6 Å². The number of hydrogen-bond acceptors (Lipinski definition) is 5. The van der Waals surface area contributed by atoms with Gasteiger partial charge in [-0.15, -0.1) is 11.3 Å². The quantitative estimate of drug-likeness (QED) is 0.682. The fraction of sp³-hybridized carbons (Fsp3) is 0.412. The van der Waals surface area contributed by atoms with E-state index in [9.17, 15) is 9.59 Å². The van der Waals surface area contributed by atoms with Crippen LogP contribution in [0.15, 0.2) is 29.9 Å². The molecule has 2 rings (SSSR count). The molecule has 2 aromatic heterocycles. The van der Waals surface area contributed by atoms with Crippen molar-refractivity contribution in [3.8, 4) is 10.6 Å². The van der Waals surface area contributed by atoms with Crippen LogP contribution in [0, 0.1) is 0 Å². The largest absolute Gasteiger partial charge is 0.356 e. The third-order valence-corrected chi connectivity index (χ3v) is 4.31. The minimum absolute atomic E-state index is 0.0204. The maximum Gasteiger partial charge on any atom is 0.220 e. The predicted octanol–water partition coefficient (Wildman–Crippen LogP) is 2.17. The standard InChI is InChI=1S/C17H22N4O2S/c1-13(22)19-9-2-3-10-20-16(23)7-6-15-12-24-17(21-15)14-5-4-8-18-11-14/h4-5,8,11-12H,2-3,6-7,9-10H2,1H3,(H,19,22)(H,20,23). The van der Waals surface area contributed by atoms with E-state index in [-0.39, 0.29) is 11.8 Å². The van der Waals surface area contributed by atoms with Crippen LogP contribution in [0.25, 0.3) is 10.6 Å². The molecule has 24 heavy (non-hydrogen) atoms. The monoisotopic (exact) mass is 346 g/mol. The van der Waals surface area contributed by atoms with E-state index in [0.717, 1.165) is 29.1 Å². The SMILES string of the molecule is CC(=O)NCCCCNC(=O)CCc1csc(-c2cccnc2)n1. The lowest BCUT2D eigenvalue weighted by molar-refractivity contribution is -0.121. The lowest BCUT2D eigenvalue weighted by Crippen LogP contribution is -2.26. The molecule has 0 spiro atoms. The molecule has 2 aromatic rings. The molecule has 0 bridgehead atoms. The summed E-state index contributed by atoms with van der Waals surface area (Å²) in [7, 11) is 0. The summed E-state index contributed by atoms with van der Waals surface area (Å²) >= 11 is 1.57. The molecule has 6 nitrogen and oxygen atoms in total. The molecule has 0 aromatic carbocycles. The van der Waals surface area contributed by atoms with Crippen molar-refractivity contribution < 1.29 is 9.59 Å². The van der Waals surface area contributed by atoms with Crippen LogP contribution in [0.3, 0.4) is 0 Å². The normalized spacial score (nSPS) is 10.4. The van der Waals surface area contributed by atoms with Gasteiger partial charge >= 0.3 is 0 Å². The first-order valence-electron chi connectivity index (χ1n) is 8.01. The van der Waals surface area contributed by atoms with Gasteiger partial charge in [0.15, 0.2) is 0 Å². The Hall–Kier alpha value is -2.28. The molecule has 0 saturated heterocycles. The Labute approximate surface area is 145 Å². The summed E-state index contributed by atoms with van der Waals surface area (Å²) in [6.07, 6.45) is 6.31. The van der Waals surface area contributed by atoms with Gasteiger partial charge in [-0.3, -0.25) is 14.6 Å². The van der Waals surface area contributed by atoms with Crippen LogP contribution in [-0.4, -0.2) is 34.9 Å². The first-order chi connectivity index (χ1) is 11.6. The maximum absolute atomic E-state index is 11.8. The molecule has 128 valence electrons. The van der Waals surface area contributed by atoms with E-state index in [1.54, 1.807) is 23.7 Å². The van der Waals surface area contributed by atoms with E-state index in [1.807, 2.05) is 17.5 Å². The summed E-state index contributed by atoms with van der Waals surface area (Å²) in [5.41, 5.74) is 1.93. The second kappa shape index (κ2) is 9.77. The summed E-state index contributed by atoms with van der Waals surface area (Å²) in [6, 6.07) is 3.86. The zero-order valence-corrected chi connectivity index (χ0v) is 14.6. The molecule has 2 N–H and O–H groups in total. The predicted molar refractivity (Wildman–Crippen MR) is 94.6 cm³/mol. The third kappa shape index (κ3) is 6.45. The fourth-order valence-corrected chi connectivity index (χ4v) is 2.96. The topological polar surface area (TPSA) is 84.0 Å². The number of pyridine rings is 1. The van der Waals surface area contributed by atoms with Gasteiger partial charge in [-0.05, 0) is 31.4 Å². The second-order valence-corrected chi connectivity index (χ2v) is 6.28. The van der Waals surface area contributed by atoms with Crippen molar-refractivity contribution >= 4 is 23.2 Å². The summed E-state index contributed by atoms with van der Waals surface area (Å²) in [5.74, 6) is 0.0124. The molecule has 0 aliphatic heterocycles. The van der Waals surface area contributed by atoms with E-state index < -0.39 is 0 Å². The second-order valence-electron chi connectivity index (χ2n) is 5.43. The molecule has 0 aliphatic carbocycles. The van der Waals surface area contributed by atoms with Gasteiger partial charge in [-0.25, -0.2) is 4.98 Å². The summed E-state index contributed by atoms with van der Waals surface area (Å²) in [6.45, 7) is 2.79. The summed E-state index contributed by atoms with van der Waals surface area (Å²) in [5, 5.41) is 8.54. The Morgan fingerprint density at radius 2 is 2.00 bits per heavy atom. The highest BCUT2D eigenvalue weighted by molar-refractivity contribution is 7.13. The molecule has 0 atom stereocenters. The number of unbranched alkanes of at least 4 members (excludes halogenated alkanes) is 1. The number of nitrogens with zero attached hydrogens (tertiary/aromatic N) is 2. The Balaban J connectivity index is 1.64. The Kier molecular flexibility index (Phi) is 7.35. The highest BCUT2D eigenvalue weighted by Gasteiger charge is 2.07. The maximum atomic E-state index is 11.8. The molecule has 0 unspecified atom stereocenters. The molecular weight excluding hydrogens is 324 g/mol. The first-order valence-corrected chi connectivity index (χ1v) is 8.89. The van der Waals surface area contributed by atoms with Crippen molar-refractivity contribution in [3.63, 3.8) is 0 Å². The van der Waals surface area contributed by atoms with E-state index in [1.165, 1.54) is 6.92 Å². The van der Waals surface area contributed by atoms with Gasteiger partial charge in [0.1, 0.15) is 5.01 Å². The number of aryl methyl sites for hydroxylation is 1. The van der Waals surface area contributed by atoms with Crippen LogP contribution in [0.4, 0.5) is 0 Å². The van der Waals surface area contributed by atoms with Gasteiger partial charge < -0.3 is 10.6 Å². The number of nitrogens with one attached hydrogen (secondary N) is 2. The van der Waals surface area contributed by atoms with Crippen LogP contribution in [-0.2, 0) is 16.0 Å².